The maximum atomic E-state index is 11.7. The third-order valence-electron chi connectivity index (χ3n) is 4.54. The second kappa shape index (κ2) is 14.0. The Morgan fingerprint density at radius 2 is 0.838 bits per heavy atom. The van der Waals surface area contributed by atoms with Gasteiger partial charge in [0.05, 0.1) is 0 Å². The molecule has 0 spiro atoms. The fraction of sp³-hybridized carbons (Fsp3) is 0.800. The normalized spacial score (nSPS) is 16.4. The van der Waals surface area contributed by atoms with E-state index in [0.717, 1.165) is 0 Å². The van der Waals surface area contributed by atoms with E-state index in [0.29, 0.717) is 52.4 Å². The van der Waals surface area contributed by atoms with Crippen LogP contribution < -0.4 is 11.5 Å². The Morgan fingerprint density at radius 1 is 0.649 bits per heavy atom. The highest BCUT2D eigenvalue weighted by Crippen LogP contribution is 2.12. The fourth-order valence-electron chi connectivity index (χ4n) is 2.91. The molecule has 17 heteroatoms. The van der Waals surface area contributed by atoms with Crippen LogP contribution in [0.5, 0.6) is 0 Å². The number of piperazine rings is 2. The molecule has 0 saturated carbocycles. The molecule has 2 saturated heterocycles. The average Bonchev–Trinajstić information content (AvgIpc) is 2.70. The summed E-state index contributed by atoms with van der Waals surface area (Å²) < 4.78 is 42.1. The maximum Gasteiger partial charge on any atom is 0.410 e. The fourth-order valence-corrected chi connectivity index (χ4v) is 2.91. The summed E-state index contributed by atoms with van der Waals surface area (Å²) in [6, 6.07) is 0. The Hall–Kier alpha value is -3.05. The first-order chi connectivity index (χ1) is 16.6. The second-order valence-corrected chi connectivity index (χ2v) is 11.0. The lowest BCUT2D eigenvalue weighted by molar-refractivity contribution is 0.0176. The van der Waals surface area contributed by atoms with Gasteiger partial charge in [-0.1, -0.05) is 0 Å². The smallest absolute Gasteiger partial charge is 0.410 e. The molecule has 37 heavy (non-hydrogen) atoms. The van der Waals surface area contributed by atoms with Crippen LogP contribution in [0.15, 0.2) is 0 Å². The first kappa shape index (κ1) is 34.0. The molecule has 2 fully saturated rings. The Labute approximate surface area is 218 Å². The largest absolute Gasteiger partial charge is 0.444 e. The van der Waals surface area contributed by atoms with Gasteiger partial charge >= 0.3 is 22.6 Å². The van der Waals surface area contributed by atoms with Crippen LogP contribution in [0.3, 0.4) is 0 Å². The number of hydrogen-bond donors (Lipinski definition) is 6. The molecule has 2 rings (SSSR count). The van der Waals surface area contributed by atoms with Gasteiger partial charge in [-0.3, -0.25) is 19.9 Å². The molecule has 0 aromatic rings. The van der Waals surface area contributed by atoms with E-state index in [1.54, 1.807) is 19.6 Å². The molecule has 0 bridgehead atoms. The number of guanidine groups is 2. The van der Waals surface area contributed by atoms with Gasteiger partial charge in [-0.2, -0.15) is 8.42 Å². The topological polar surface area (TPSA) is 240 Å². The molecule has 0 aliphatic carbocycles. The molecule has 2 aliphatic heterocycles. The molecule has 0 atom stereocenters. The number of nitrogens with one attached hydrogen (secondary N) is 2. The standard InChI is InChI=1S/2C10H20N4O2.H2O4S/c2*1-10(2,3)16-9(15)14-6-4-13(5-7-14)8(11)12;1-5(2,3)4/h2*4-7H2,1-3H3,(H3,11,12);(H2,1,2,3,4). The SMILES string of the molecule is CC(C)(C)OC(=O)N1CCN(C(=N)N)CC1.CC(C)(C)OC(=O)N1CCN(C(=N)N)CC1.O=S(=O)(O)O. The van der Waals surface area contributed by atoms with Crippen LogP contribution in [-0.4, -0.2) is 125 Å². The molecule has 216 valence electrons. The highest BCUT2D eigenvalue weighted by atomic mass is 32.3. The molecular formula is C20H42N8O8S. The first-order valence-electron chi connectivity index (χ1n) is 11.4. The van der Waals surface area contributed by atoms with Crippen molar-refractivity contribution in [1.82, 2.24) is 19.6 Å². The van der Waals surface area contributed by atoms with Crippen molar-refractivity contribution in [1.29, 1.82) is 10.8 Å². The molecule has 0 aromatic heterocycles. The van der Waals surface area contributed by atoms with Crippen molar-refractivity contribution >= 4 is 34.5 Å². The lowest BCUT2D eigenvalue weighted by Gasteiger charge is -2.35. The first-order valence-corrected chi connectivity index (χ1v) is 12.8. The minimum Gasteiger partial charge on any atom is -0.444 e. The third-order valence-corrected chi connectivity index (χ3v) is 4.54. The quantitative estimate of drug-likeness (QED) is 0.134. The van der Waals surface area contributed by atoms with E-state index in [4.69, 9.17) is 49.3 Å². The van der Waals surface area contributed by atoms with Gasteiger partial charge in [0.2, 0.25) is 0 Å². The Kier molecular flexibility index (Phi) is 12.9. The number of hydrogen-bond acceptors (Lipinski definition) is 8. The van der Waals surface area contributed by atoms with Gasteiger partial charge in [-0.25, -0.2) is 9.59 Å². The van der Waals surface area contributed by atoms with Crippen molar-refractivity contribution in [3.8, 4) is 0 Å². The molecular weight excluding hydrogens is 512 g/mol. The van der Waals surface area contributed by atoms with Crippen LogP contribution in [0.25, 0.3) is 0 Å². The van der Waals surface area contributed by atoms with Gasteiger partial charge in [0.1, 0.15) is 11.2 Å². The van der Waals surface area contributed by atoms with Crippen LogP contribution in [0.4, 0.5) is 9.59 Å². The highest BCUT2D eigenvalue weighted by Gasteiger charge is 2.27. The minimum absolute atomic E-state index is 0.0591. The van der Waals surface area contributed by atoms with Crippen LogP contribution in [0, 0.1) is 10.8 Å². The zero-order valence-electron chi connectivity index (χ0n) is 22.4. The molecule has 0 radical (unpaired) electrons. The van der Waals surface area contributed by atoms with Crippen molar-refractivity contribution in [3.05, 3.63) is 0 Å². The van der Waals surface area contributed by atoms with E-state index >= 15 is 0 Å². The molecule has 2 aliphatic rings. The van der Waals surface area contributed by atoms with E-state index in [9.17, 15) is 9.59 Å². The summed E-state index contributed by atoms with van der Waals surface area (Å²) in [6.07, 6.45) is -0.591. The van der Waals surface area contributed by atoms with Crippen molar-refractivity contribution < 1.29 is 36.6 Å². The van der Waals surface area contributed by atoms with Crippen molar-refractivity contribution in [3.63, 3.8) is 0 Å². The van der Waals surface area contributed by atoms with Crippen LogP contribution in [0.1, 0.15) is 41.5 Å². The number of rotatable bonds is 0. The number of nitrogens with two attached hydrogens (primary N) is 2. The van der Waals surface area contributed by atoms with Gasteiger partial charge < -0.3 is 40.5 Å². The zero-order chi connectivity index (χ0) is 29.2. The molecule has 0 unspecified atom stereocenters. The predicted molar refractivity (Wildman–Crippen MR) is 137 cm³/mol. The summed E-state index contributed by atoms with van der Waals surface area (Å²) in [5, 5.41) is 14.6. The summed E-state index contributed by atoms with van der Waals surface area (Å²) in [6.45, 7) is 15.6. The summed E-state index contributed by atoms with van der Waals surface area (Å²) in [5.74, 6) is 0.118. The number of ether oxygens (including phenoxy) is 2. The molecule has 16 nitrogen and oxygen atoms in total. The van der Waals surface area contributed by atoms with Gasteiger partial charge in [0.25, 0.3) is 0 Å². The van der Waals surface area contributed by atoms with Gasteiger partial charge in [0, 0.05) is 52.4 Å². The predicted octanol–water partition coefficient (Wildman–Crippen LogP) is 0.212. The molecule has 2 heterocycles. The van der Waals surface area contributed by atoms with Gasteiger partial charge in [0.15, 0.2) is 11.9 Å². The number of nitrogens with zero attached hydrogens (tertiary/aromatic N) is 4. The number of amides is 2. The molecule has 2 amide bonds. The monoisotopic (exact) mass is 554 g/mol. The zero-order valence-corrected chi connectivity index (χ0v) is 23.2. The van der Waals surface area contributed by atoms with E-state index in [2.05, 4.69) is 0 Å². The highest BCUT2D eigenvalue weighted by molar-refractivity contribution is 7.79. The van der Waals surface area contributed by atoms with Crippen molar-refractivity contribution in [2.24, 2.45) is 11.5 Å². The van der Waals surface area contributed by atoms with Crippen molar-refractivity contribution in [2.75, 3.05) is 52.4 Å². The average molecular weight is 555 g/mol. The summed E-state index contributed by atoms with van der Waals surface area (Å²) >= 11 is 0. The lowest BCUT2D eigenvalue weighted by atomic mass is 10.2. The van der Waals surface area contributed by atoms with Crippen LogP contribution >= 0.6 is 0 Å². The molecule has 0 aromatic carbocycles. The Bertz CT molecular complexity index is 819. The van der Waals surface area contributed by atoms with E-state index in [1.807, 2.05) is 41.5 Å². The lowest BCUT2D eigenvalue weighted by Crippen LogP contribution is -2.53. The maximum absolute atomic E-state index is 11.7. The van der Waals surface area contributed by atoms with E-state index < -0.39 is 21.6 Å². The van der Waals surface area contributed by atoms with Gasteiger partial charge in [-0.15, -0.1) is 0 Å². The second-order valence-electron chi connectivity index (χ2n) is 10.1. The van der Waals surface area contributed by atoms with Crippen LogP contribution in [-0.2, 0) is 19.9 Å². The summed E-state index contributed by atoms with van der Waals surface area (Å²) in [7, 11) is -4.67. The number of carbonyl (C=O) groups excluding carboxylic acids is 2. The summed E-state index contributed by atoms with van der Waals surface area (Å²) in [5.41, 5.74) is 9.80. The van der Waals surface area contributed by atoms with Gasteiger partial charge in [-0.05, 0) is 41.5 Å². The van der Waals surface area contributed by atoms with E-state index in [1.165, 1.54) is 0 Å². The van der Waals surface area contributed by atoms with Crippen LogP contribution in [0.2, 0.25) is 0 Å². The number of carbonyl (C=O) groups is 2. The Balaban J connectivity index is 0.000000594. The Morgan fingerprint density at radius 3 is 1.00 bits per heavy atom. The third kappa shape index (κ3) is 17.1. The van der Waals surface area contributed by atoms with Crippen molar-refractivity contribution in [2.45, 2.75) is 52.7 Å². The van der Waals surface area contributed by atoms with E-state index in [-0.39, 0.29) is 24.1 Å². The minimum atomic E-state index is -4.67. The summed E-state index contributed by atoms with van der Waals surface area (Å²) in [4.78, 5) is 30.1. The molecule has 8 N–H and O–H groups in total.